The number of alkyl halides is 1. The molecule has 0 aliphatic carbocycles. The van der Waals surface area contributed by atoms with E-state index in [9.17, 15) is 0 Å². The van der Waals surface area contributed by atoms with Crippen LogP contribution in [0, 0.1) is 0 Å². The lowest BCUT2D eigenvalue weighted by Gasteiger charge is -2.34. The topological polar surface area (TPSA) is 3.24 Å². The van der Waals surface area contributed by atoms with Crippen molar-refractivity contribution >= 4 is 17.3 Å². The highest BCUT2D eigenvalue weighted by Gasteiger charge is 2.19. The first-order valence-electron chi connectivity index (χ1n) is 6.22. The van der Waals surface area contributed by atoms with Crippen molar-refractivity contribution in [1.82, 2.24) is 0 Å². The van der Waals surface area contributed by atoms with Crippen LogP contribution in [0.4, 0.5) is 5.69 Å². The summed E-state index contributed by atoms with van der Waals surface area (Å²) in [6.07, 6.45) is 0. The van der Waals surface area contributed by atoms with Gasteiger partial charge in [-0.1, -0.05) is 60.1 Å². The van der Waals surface area contributed by atoms with E-state index in [0.717, 1.165) is 5.69 Å². The average molecular weight is 260 g/mol. The Morgan fingerprint density at radius 1 is 0.833 bits per heavy atom. The quantitative estimate of drug-likeness (QED) is 0.561. The van der Waals surface area contributed by atoms with Crippen molar-refractivity contribution in [2.45, 2.75) is 25.4 Å². The molecule has 0 aromatic heterocycles. The van der Waals surface area contributed by atoms with Crippen LogP contribution in [-0.2, 0) is 0 Å². The lowest BCUT2D eigenvalue weighted by molar-refractivity contribution is 0.661. The lowest BCUT2D eigenvalue weighted by atomic mass is 10.1. The minimum Gasteiger partial charge on any atom is -0.349 e. The number of anilines is 1. The van der Waals surface area contributed by atoms with Crippen molar-refractivity contribution < 1.29 is 0 Å². The molecule has 0 aliphatic heterocycles. The monoisotopic (exact) mass is 259 g/mol. The molecule has 0 saturated carbocycles. The van der Waals surface area contributed by atoms with Crippen LogP contribution >= 0.6 is 11.6 Å². The van der Waals surface area contributed by atoms with Gasteiger partial charge in [0.2, 0.25) is 0 Å². The number of rotatable bonds is 4. The van der Waals surface area contributed by atoms with Crippen LogP contribution in [0.2, 0.25) is 0 Å². The summed E-state index contributed by atoms with van der Waals surface area (Å²) in [7, 11) is 0. The highest BCUT2D eigenvalue weighted by atomic mass is 35.5. The van der Waals surface area contributed by atoms with Gasteiger partial charge >= 0.3 is 0 Å². The highest BCUT2D eigenvalue weighted by Crippen LogP contribution is 2.29. The third-order valence-corrected chi connectivity index (χ3v) is 3.35. The molecule has 0 radical (unpaired) electrons. The van der Waals surface area contributed by atoms with E-state index in [-0.39, 0.29) is 11.5 Å². The maximum atomic E-state index is 6.35. The van der Waals surface area contributed by atoms with Crippen LogP contribution in [0.25, 0.3) is 0 Å². The Bertz CT molecular complexity index is 467. The third kappa shape index (κ3) is 2.85. The van der Waals surface area contributed by atoms with E-state index in [1.54, 1.807) is 0 Å². The van der Waals surface area contributed by atoms with Gasteiger partial charge in [0.05, 0.1) is 6.04 Å². The molecule has 2 aromatic rings. The number of halogens is 1. The molecule has 0 heterocycles. The Morgan fingerprint density at radius 3 is 1.83 bits per heavy atom. The Balaban J connectivity index is 2.32. The second kappa shape index (κ2) is 5.92. The zero-order valence-electron chi connectivity index (χ0n) is 10.8. The summed E-state index contributed by atoms with van der Waals surface area (Å²) in [5.74, 6) is 0. The van der Waals surface area contributed by atoms with Crippen molar-refractivity contribution in [3.63, 3.8) is 0 Å². The molecule has 94 valence electrons. The first kappa shape index (κ1) is 13.0. The summed E-state index contributed by atoms with van der Waals surface area (Å²) in [6, 6.07) is 21.0. The molecule has 0 N–H and O–H groups in total. The smallest absolute Gasteiger partial charge is 0.101 e. The van der Waals surface area contributed by atoms with E-state index in [4.69, 9.17) is 11.6 Å². The van der Waals surface area contributed by atoms with Crippen LogP contribution in [0.15, 0.2) is 60.7 Å². The fourth-order valence-electron chi connectivity index (χ4n) is 2.23. The number of hydrogen-bond acceptors (Lipinski definition) is 1. The highest BCUT2D eigenvalue weighted by molar-refractivity contribution is 6.21. The molecular weight excluding hydrogens is 242 g/mol. The predicted octanol–water partition coefficient (Wildman–Crippen LogP) is 4.84. The minimum atomic E-state index is -0.0531. The predicted molar refractivity (Wildman–Crippen MR) is 79.1 cm³/mol. The summed E-state index contributed by atoms with van der Waals surface area (Å²) in [4.78, 5) is 2.22. The molecule has 0 saturated heterocycles. The summed E-state index contributed by atoms with van der Waals surface area (Å²) in [6.45, 7) is 4.19. The number of para-hydroxylation sites is 1. The summed E-state index contributed by atoms with van der Waals surface area (Å²) >= 11 is 6.35. The number of hydrogen-bond donors (Lipinski definition) is 0. The normalized spacial score (nSPS) is 13.9. The Kier molecular flexibility index (Phi) is 4.27. The number of nitrogens with zero attached hydrogens (tertiary/aromatic N) is 1. The van der Waals surface area contributed by atoms with Gasteiger partial charge in [0.1, 0.15) is 5.50 Å². The minimum absolute atomic E-state index is 0.0531. The molecule has 0 fully saturated rings. The van der Waals surface area contributed by atoms with Crippen LogP contribution in [0.5, 0.6) is 0 Å². The standard InChI is InChI=1S/C16H18ClN/c1-13(15-9-5-3-6-10-15)18(14(2)17)16-11-7-4-8-12-16/h3-14H,1-2H3. The van der Waals surface area contributed by atoms with Crippen LogP contribution in [0.3, 0.4) is 0 Å². The second-order valence-corrected chi connectivity index (χ2v) is 5.04. The average Bonchev–Trinajstić information content (AvgIpc) is 2.40. The molecule has 0 amide bonds. The van der Waals surface area contributed by atoms with Crippen molar-refractivity contribution in [1.29, 1.82) is 0 Å². The van der Waals surface area contributed by atoms with E-state index < -0.39 is 0 Å². The first-order chi connectivity index (χ1) is 8.70. The summed E-state index contributed by atoms with van der Waals surface area (Å²) < 4.78 is 0. The van der Waals surface area contributed by atoms with E-state index in [2.05, 4.69) is 48.2 Å². The molecule has 2 rings (SSSR count). The molecule has 18 heavy (non-hydrogen) atoms. The molecule has 2 aromatic carbocycles. The second-order valence-electron chi connectivity index (χ2n) is 4.40. The largest absolute Gasteiger partial charge is 0.349 e. The van der Waals surface area contributed by atoms with Gasteiger partial charge in [0.25, 0.3) is 0 Å². The van der Waals surface area contributed by atoms with Crippen LogP contribution in [-0.4, -0.2) is 5.50 Å². The van der Waals surface area contributed by atoms with Crippen molar-refractivity contribution in [2.24, 2.45) is 0 Å². The van der Waals surface area contributed by atoms with Gasteiger partial charge in [-0.25, -0.2) is 0 Å². The maximum Gasteiger partial charge on any atom is 0.101 e. The zero-order chi connectivity index (χ0) is 13.0. The van der Waals surface area contributed by atoms with E-state index in [1.165, 1.54) is 5.56 Å². The van der Waals surface area contributed by atoms with Crippen LogP contribution < -0.4 is 4.90 Å². The first-order valence-corrected chi connectivity index (χ1v) is 6.66. The molecule has 2 atom stereocenters. The van der Waals surface area contributed by atoms with E-state index in [0.29, 0.717) is 0 Å². The Morgan fingerprint density at radius 2 is 1.33 bits per heavy atom. The van der Waals surface area contributed by atoms with Gasteiger partial charge < -0.3 is 4.90 Å². The van der Waals surface area contributed by atoms with E-state index >= 15 is 0 Å². The molecule has 2 unspecified atom stereocenters. The van der Waals surface area contributed by atoms with Crippen LogP contribution in [0.1, 0.15) is 25.5 Å². The van der Waals surface area contributed by atoms with Crippen molar-refractivity contribution in [2.75, 3.05) is 4.90 Å². The van der Waals surface area contributed by atoms with E-state index in [1.807, 2.05) is 31.2 Å². The molecule has 2 heteroatoms. The third-order valence-electron chi connectivity index (χ3n) is 3.14. The number of benzene rings is 2. The van der Waals surface area contributed by atoms with Gasteiger partial charge in [0.15, 0.2) is 0 Å². The molecule has 0 bridgehead atoms. The Hall–Kier alpha value is -1.47. The van der Waals surface area contributed by atoms with Crippen molar-refractivity contribution in [3.05, 3.63) is 66.2 Å². The van der Waals surface area contributed by atoms with Gasteiger partial charge in [-0.15, -0.1) is 0 Å². The fraction of sp³-hybridized carbons (Fsp3) is 0.250. The molecule has 0 aliphatic rings. The summed E-state index contributed by atoms with van der Waals surface area (Å²) in [5.41, 5.74) is 2.37. The molecular formula is C16H18ClN. The zero-order valence-corrected chi connectivity index (χ0v) is 11.5. The van der Waals surface area contributed by atoms with Gasteiger partial charge in [-0.3, -0.25) is 0 Å². The summed E-state index contributed by atoms with van der Waals surface area (Å²) in [5, 5.41) is 0. The lowest BCUT2D eigenvalue weighted by Crippen LogP contribution is -2.31. The molecule has 1 nitrogen and oxygen atoms in total. The SMILES string of the molecule is CC(Cl)N(c1ccccc1)C(C)c1ccccc1. The fourth-order valence-corrected chi connectivity index (χ4v) is 2.51. The van der Waals surface area contributed by atoms with Gasteiger partial charge in [-0.05, 0) is 31.5 Å². The maximum absolute atomic E-state index is 6.35. The van der Waals surface area contributed by atoms with Gasteiger partial charge in [-0.2, -0.15) is 0 Å². The molecule has 0 spiro atoms. The Labute approximate surface area is 114 Å². The van der Waals surface area contributed by atoms with Crippen molar-refractivity contribution in [3.8, 4) is 0 Å². The van der Waals surface area contributed by atoms with Gasteiger partial charge in [0, 0.05) is 5.69 Å².